The molecule has 0 aromatic heterocycles. The van der Waals surface area contributed by atoms with Crippen molar-refractivity contribution in [3.8, 4) is 0 Å². The molecule has 1 heterocycles. The number of rotatable bonds is 10. The van der Waals surface area contributed by atoms with Gasteiger partial charge < -0.3 is 10.1 Å². The molecular formula is C33H39F2N3O3. The molecule has 0 aliphatic carbocycles. The maximum Gasteiger partial charge on any atom is 0.328 e. The Morgan fingerprint density at radius 3 is 1.90 bits per heavy atom. The van der Waals surface area contributed by atoms with E-state index in [9.17, 15) is 18.4 Å². The summed E-state index contributed by atoms with van der Waals surface area (Å²) in [5, 5.41) is 3.09. The first-order valence-corrected chi connectivity index (χ1v) is 14.2. The highest BCUT2D eigenvalue weighted by molar-refractivity contribution is 5.78. The SMILES string of the molecule is CCOC(=O)C(C)Nc1cc(C(C)C)ccc(CN2CCN(C(c3ccc(F)cc3)c3ccc(F)cc3)CC2)c1=O. The number of esters is 1. The van der Waals surface area contributed by atoms with Crippen LogP contribution in [0.5, 0.6) is 0 Å². The summed E-state index contributed by atoms with van der Waals surface area (Å²) >= 11 is 0. The number of hydrogen-bond acceptors (Lipinski definition) is 6. The molecule has 1 atom stereocenters. The Morgan fingerprint density at radius 2 is 1.39 bits per heavy atom. The van der Waals surface area contributed by atoms with Crippen molar-refractivity contribution in [2.75, 3.05) is 38.1 Å². The molecule has 4 rings (SSSR count). The first-order valence-electron chi connectivity index (χ1n) is 14.2. The van der Waals surface area contributed by atoms with Crippen LogP contribution in [-0.2, 0) is 16.1 Å². The molecule has 1 aliphatic heterocycles. The van der Waals surface area contributed by atoms with Crippen LogP contribution >= 0.6 is 0 Å². The van der Waals surface area contributed by atoms with Gasteiger partial charge in [-0.25, -0.2) is 13.6 Å². The van der Waals surface area contributed by atoms with Crippen molar-refractivity contribution in [2.45, 2.75) is 52.2 Å². The van der Waals surface area contributed by atoms with E-state index >= 15 is 0 Å². The van der Waals surface area contributed by atoms with Crippen LogP contribution in [0.3, 0.4) is 0 Å². The fourth-order valence-electron chi connectivity index (χ4n) is 5.20. The van der Waals surface area contributed by atoms with Gasteiger partial charge >= 0.3 is 5.97 Å². The molecule has 6 nitrogen and oxygen atoms in total. The summed E-state index contributed by atoms with van der Waals surface area (Å²) in [5.74, 6) is -0.801. The van der Waals surface area contributed by atoms with Crippen LogP contribution in [0.25, 0.3) is 0 Å². The van der Waals surface area contributed by atoms with Gasteiger partial charge in [-0.1, -0.05) is 50.2 Å². The molecule has 0 bridgehead atoms. The minimum Gasteiger partial charge on any atom is -0.464 e. The summed E-state index contributed by atoms with van der Waals surface area (Å²) in [7, 11) is 0. The topological polar surface area (TPSA) is 61.9 Å². The van der Waals surface area contributed by atoms with E-state index in [0.29, 0.717) is 17.8 Å². The average molecular weight is 564 g/mol. The molecular weight excluding hydrogens is 524 g/mol. The van der Waals surface area contributed by atoms with Gasteiger partial charge in [-0.05, 0) is 66.8 Å². The Labute approximate surface area is 240 Å². The number of hydrogen-bond donors (Lipinski definition) is 1. The van der Waals surface area contributed by atoms with E-state index in [1.165, 1.54) is 24.3 Å². The Bertz CT molecular complexity index is 1330. The summed E-state index contributed by atoms with van der Waals surface area (Å²) in [6.45, 7) is 11.2. The fraction of sp³-hybridized carbons (Fsp3) is 0.394. The van der Waals surface area contributed by atoms with Crippen molar-refractivity contribution in [1.82, 2.24) is 9.80 Å². The number of nitrogens with zero attached hydrogens (tertiary/aromatic N) is 2. The third-order valence-corrected chi connectivity index (χ3v) is 7.54. The van der Waals surface area contributed by atoms with Crippen LogP contribution < -0.4 is 10.7 Å². The molecule has 0 saturated carbocycles. The van der Waals surface area contributed by atoms with Crippen LogP contribution in [0.15, 0.2) is 71.5 Å². The normalized spacial score (nSPS) is 15.2. The summed E-state index contributed by atoms with van der Waals surface area (Å²) in [4.78, 5) is 30.4. The van der Waals surface area contributed by atoms with Gasteiger partial charge in [-0.15, -0.1) is 0 Å². The van der Waals surface area contributed by atoms with Crippen molar-refractivity contribution in [2.24, 2.45) is 0 Å². The van der Waals surface area contributed by atoms with Crippen molar-refractivity contribution in [3.05, 3.63) is 111 Å². The largest absolute Gasteiger partial charge is 0.464 e. The number of ether oxygens (including phenoxy) is 1. The summed E-state index contributed by atoms with van der Waals surface area (Å²) < 4.78 is 32.5. The van der Waals surface area contributed by atoms with Crippen molar-refractivity contribution in [1.29, 1.82) is 0 Å². The lowest BCUT2D eigenvalue weighted by Crippen LogP contribution is -2.47. The Morgan fingerprint density at radius 1 is 0.854 bits per heavy atom. The molecule has 1 fully saturated rings. The molecule has 41 heavy (non-hydrogen) atoms. The molecule has 1 saturated heterocycles. The second-order valence-electron chi connectivity index (χ2n) is 10.8. The van der Waals surface area contributed by atoms with Crippen molar-refractivity contribution in [3.63, 3.8) is 0 Å². The van der Waals surface area contributed by atoms with Gasteiger partial charge in [0.1, 0.15) is 17.7 Å². The first kappa shape index (κ1) is 30.3. The molecule has 0 amide bonds. The lowest BCUT2D eigenvalue weighted by Gasteiger charge is -2.39. The van der Waals surface area contributed by atoms with Gasteiger partial charge in [-0.2, -0.15) is 0 Å². The maximum absolute atomic E-state index is 13.7. The van der Waals surface area contributed by atoms with Crippen LogP contribution in [-0.4, -0.2) is 54.6 Å². The molecule has 0 spiro atoms. The van der Waals surface area contributed by atoms with Gasteiger partial charge in [-0.3, -0.25) is 14.6 Å². The molecule has 3 aromatic rings. The van der Waals surface area contributed by atoms with E-state index in [4.69, 9.17) is 4.74 Å². The number of benzene rings is 2. The quantitative estimate of drug-likeness (QED) is 0.319. The zero-order valence-electron chi connectivity index (χ0n) is 24.2. The Hall–Kier alpha value is -3.62. The third-order valence-electron chi connectivity index (χ3n) is 7.54. The first-order chi connectivity index (χ1) is 19.7. The summed E-state index contributed by atoms with van der Waals surface area (Å²) in [6.07, 6.45) is 0. The van der Waals surface area contributed by atoms with E-state index < -0.39 is 12.0 Å². The van der Waals surface area contributed by atoms with Gasteiger partial charge in [0.2, 0.25) is 5.43 Å². The molecule has 3 aromatic carbocycles. The lowest BCUT2D eigenvalue weighted by molar-refractivity contribution is -0.143. The molecule has 0 radical (unpaired) electrons. The van der Waals surface area contributed by atoms with Crippen LogP contribution in [0, 0.1) is 11.6 Å². The number of nitrogens with one attached hydrogen (secondary N) is 1. The van der Waals surface area contributed by atoms with Crippen LogP contribution in [0.2, 0.25) is 0 Å². The molecule has 1 N–H and O–H groups in total. The summed E-state index contributed by atoms with van der Waals surface area (Å²) in [5.41, 5.74) is 3.79. The average Bonchev–Trinajstić information content (AvgIpc) is 3.10. The van der Waals surface area contributed by atoms with Gasteiger partial charge in [0.15, 0.2) is 0 Å². The Kier molecular flexibility index (Phi) is 10.2. The molecule has 1 aliphatic rings. The highest BCUT2D eigenvalue weighted by Crippen LogP contribution is 2.30. The van der Waals surface area contributed by atoms with Crippen LogP contribution in [0.1, 0.15) is 61.9 Å². The zero-order valence-corrected chi connectivity index (χ0v) is 24.2. The number of halogens is 2. The number of anilines is 1. The smallest absolute Gasteiger partial charge is 0.328 e. The lowest BCUT2D eigenvalue weighted by atomic mass is 9.96. The van der Waals surface area contributed by atoms with Crippen LogP contribution in [0.4, 0.5) is 14.5 Å². The van der Waals surface area contributed by atoms with Gasteiger partial charge in [0, 0.05) is 38.3 Å². The van der Waals surface area contributed by atoms with E-state index in [2.05, 4.69) is 29.0 Å². The fourth-order valence-corrected chi connectivity index (χ4v) is 5.20. The number of carbonyl (C=O) groups is 1. The second-order valence-corrected chi connectivity index (χ2v) is 10.8. The maximum atomic E-state index is 13.7. The molecule has 218 valence electrons. The van der Waals surface area contributed by atoms with E-state index in [1.807, 2.05) is 18.2 Å². The monoisotopic (exact) mass is 563 g/mol. The third kappa shape index (κ3) is 7.77. The highest BCUT2D eigenvalue weighted by atomic mass is 19.1. The number of carbonyl (C=O) groups excluding carboxylic acids is 1. The van der Waals surface area contributed by atoms with Gasteiger partial charge in [0.25, 0.3) is 0 Å². The van der Waals surface area contributed by atoms with Crippen molar-refractivity contribution >= 4 is 11.7 Å². The zero-order chi connectivity index (χ0) is 29.5. The minimum absolute atomic E-state index is 0.133. The predicted molar refractivity (Wildman–Crippen MR) is 158 cm³/mol. The predicted octanol–water partition coefficient (Wildman–Crippen LogP) is 5.72. The number of piperazine rings is 1. The molecule has 1 unspecified atom stereocenters. The van der Waals surface area contributed by atoms with E-state index in [0.717, 1.165) is 42.9 Å². The minimum atomic E-state index is -0.656. The standard InChI is InChI=1S/C33H39F2N3O3/c1-5-41-33(40)23(4)36-30-20-26(22(2)3)6-7-27(32(30)39)21-37-16-18-38(19-17-37)31(24-8-12-28(34)13-9-24)25-10-14-29(35)15-11-25/h6-15,20,22-23,31H,5,16-19,21H2,1-4H3,(H,36,39). The second kappa shape index (κ2) is 13.8. The highest BCUT2D eigenvalue weighted by Gasteiger charge is 2.27. The van der Waals surface area contributed by atoms with Gasteiger partial charge in [0.05, 0.1) is 18.3 Å². The summed E-state index contributed by atoms with van der Waals surface area (Å²) in [6, 6.07) is 17.8. The van der Waals surface area contributed by atoms with E-state index in [-0.39, 0.29) is 35.6 Å². The molecule has 8 heteroatoms. The van der Waals surface area contributed by atoms with Crippen molar-refractivity contribution < 1.29 is 18.3 Å². The van der Waals surface area contributed by atoms with E-state index in [1.54, 1.807) is 38.1 Å². The Balaban J connectivity index is 1.53.